The maximum Gasteiger partial charge on any atom is 0.324 e. The molecule has 196 valence electrons. The first-order valence-electron chi connectivity index (χ1n) is 13.0. The van der Waals surface area contributed by atoms with Gasteiger partial charge in [0, 0.05) is 39.1 Å². The molecule has 6 rings (SSSR count). The number of thiazole rings is 1. The van der Waals surface area contributed by atoms with Gasteiger partial charge in [0.05, 0.1) is 11.7 Å². The fourth-order valence-electron chi connectivity index (χ4n) is 6.34. The molecule has 0 saturated carbocycles. The normalized spacial score (nSPS) is 31.7. The molecule has 0 radical (unpaired) electrons. The first-order valence-corrected chi connectivity index (χ1v) is 13.8. The van der Waals surface area contributed by atoms with Crippen LogP contribution in [-0.4, -0.2) is 71.8 Å². The van der Waals surface area contributed by atoms with E-state index < -0.39 is 0 Å². The van der Waals surface area contributed by atoms with Crippen molar-refractivity contribution in [2.75, 3.05) is 37.4 Å². The Morgan fingerprint density at radius 2 is 2.11 bits per heavy atom. The second kappa shape index (κ2) is 9.64. The van der Waals surface area contributed by atoms with E-state index in [1.54, 1.807) is 14.0 Å². The maximum atomic E-state index is 13.6. The van der Waals surface area contributed by atoms with Gasteiger partial charge in [-0.2, -0.15) is 0 Å². The zero-order valence-corrected chi connectivity index (χ0v) is 22.0. The Balaban J connectivity index is 1.22. The highest BCUT2D eigenvalue weighted by atomic mass is 32.1. The predicted octanol–water partition coefficient (Wildman–Crippen LogP) is 4.20. The number of carbonyl (C=O) groups is 2. The Hall–Kier alpha value is -3.11. The summed E-state index contributed by atoms with van der Waals surface area (Å²) < 4.78 is 11.7. The van der Waals surface area contributed by atoms with Crippen LogP contribution in [0.15, 0.2) is 42.2 Å². The van der Waals surface area contributed by atoms with Crippen molar-refractivity contribution in [3.05, 3.63) is 47.9 Å². The van der Waals surface area contributed by atoms with E-state index in [1.807, 2.05) is 28.0 Å². The molecule has 2 fully saturated rings. The van der Waals surface area contributed by atoms with Crippen LogP contribution in [0.2, 0.25) is 0 Å². The summed E-state index contributed by atoms with van der Waals surface area (Å²) >= 11 is 1.40. The van der Waals surface area contributed by atoms with Crippen molar-refractivity contribution in [3.8, 4) is 0 Å². The van der Waals surface area contributed by atoms with Crippen LogP contribution in [0.3, 0.4) is 0 Å². The third kappa shape index (κ3) is 4.57. The molecule has 10 heteroatoms. The van der Waals surface area contributed by atoms with E-state index in [4.69, 9.17) is 9.47 Å². The van der Waals surface area contributed by atoms with E-state index in [-0.39, 0.29) is 41.6 Å². The van der Waals surface area contributed by atoms with Gasteiger partial charge in [-0.3, -0.25) is 10.1 Å². The van der Waals surface area contributed by atoms with Crippen molar-refractivity contribution < 1.29 is 19.1 Å². The van der Waals surface area contributed by atoms with Crippen molar-refractivity contribution >= 4 is 39.5 Å². The van der Waals surface area contributed by atoms with Crippen molar-refractivity contribution in [3.63, 3.8) is 0 Å². The molecule has 0 aromatic carbocycles. The second-order valence-corrected chi connectivity index (χ2v) is 11.5. The monoisotopic (exact) mass is 523 g/mol. The van der Waals surface area contributed by atoms with E-state index >= 15 is 0 Å². The number of ether oxygens (including phenoxy) is 2. The molecule has 3 aliphatic heterocycles. The fourth-order valence-corrected chi connectivity index (χ4v) is 7.21. The van der Waals surface area contributed by atoms with Crippen molar-refractivity contribution in [2.45, 2.75) is 51.0 Å². The highest BCUT2D eigenvalue weighted by Crippen LogP contribution is 2.51. The van der Waals surface area contributed by atoms with E-state index in [9.17, 15) is 9.59 Å². The topological polar surface area (TPSA) is 96.0 Å². The van der Waals surface area contributed by atoms with E-state index in [1.165, 1.54) is 11.3 Å². The molecule has 1 aromatic heterocycles. The van der Waals surface area contributed by atoms with Gasteiger partial charge in [0.15, 0.2) is 5.13 Å². The molecule has 9 nitrogen and oxygen atoms in total. The molecule has 2 aliphatic carbocycles. The Morgan fingerprint density at radius 1 is 1.22 bits per heavy atom. The summed E-state index contributed by atoms with van der Waals surface area (Å²) in [7, 11) is 1.64. The van der Waals surface area contributed by atoms with Gasteiger partial charge < -0.3 is 24.6 Å². The van der Waals surface area contributed by atoms with Crippen LogP contribution < -0.4 is 10.6 Å². The summed E-state index contributed by atoms with van der Waals surface area (Å²) in [5, 5.41) is 7.72. The third-order valence-corrected chi connectivity index (χ3v) is 9.13. The lowest BCUT2D eigenvalue weighted by atomic mass is 9.70. The maximum absolute atomic E-state index is 13.6. The highest BCUT2D eigenvalue weighted by Gasteiger charge is 2.57. The number of nitrogens with zero attached hydrogens (tertiary/aromatic N) is 3. The van der Waals surface area contributed by atoms with Gasteiger partial charge in [-0.15, -0.1) is 0 Å². The van der Waals surface area contributed by atoms with Crippen LogP contribution in [-0.2, 0) is 14.3 Å². The minimum absolute atomic E-state index is 0.0428. The first kappa shape index (κ1) is 24.2. The number of anilines is 2. The van der Waals surface area contributed by atoms with Crippen LogP contribution in [0.5, 0.6) is 0 Å². The zero-order chi connectivity index (χ0) is 25.6. The zero-order valence-electron chi connectivity index (χ0n) is 21.2. The number of carbonyl (C=O) groups excluding carboxylic acids is 2. The number of hydrogen-bond donors (Lipinski definition) is 2. The third-order valence-electron chi connectivity index (χ3n) is 8.22. The van der Waals surface area contributed by atoms with Crippen LogP contribution >= 0.6 is 11.3 Å². The molecule has 3 amide bonds. The van der Waals surface area contributed by atoms with Gasteiger partial charge in [0.25, 0.3) is 0 Å². The van der Waals surface area contributed by atoms with E-state index in [2.05, 4.69) is 39.9 Å². The largest absolute Gasteiger partial charge is 0.487 e. The lowest BCUT2D eigenvalue weighted by Crippen LogP contribution is -2.41. The number of hydrogen-bond acceptors (Lipinski definition) is 7. The lowest BCUT2D eigenvalue weighted by molar-refractivity contribution is -0.128. The predicted molar refractivity (Wildman–Crippen MR) is 143 cm³/mol. The molecule has 1 aromatic rings. The Morgan fingerprint density at radius 3 is 2.86 bits per heavy atom. The second-order valence-electron chi connectivity index (χ2n) is 10.5. The Kier molecular flexibility index (Phi) is 6.32. The fraction of sp³-hybridized carbons (Fsp3) is 0.519. The number of likely N-dealkylation sites (tertiary alicyclic amines) is 2. The summed E-state index contributed by atoms with van der Waals surface area (Å²) in [6.45, 7) is 3.64. The summed E-state index contributed by atoms with van der Waals surface area (Å²) in [5.74, 6) is 1.22. The molecule has 5 unspecified atom stereocenters. The smallest absolute Gasteiger partial charge is 0.324 e. The summed E-state index contributed by atoms with van der Waals surface area (Å²) in [6, 6.07) is -0.207. The molecule has 1 spiro atoms. The average Bonchev–Trinajstić information content (AvgIpc) is 3.60. The van der Waals surface area contributed by atoms with Crippen molar-refractivity contribution in [2.24, 2.45) is 11.3 Å². The van der Waals surface area contributed by atoms with Gasteiger partial charge in [0.1, 0.15) is 23.1 Å². The van der Waals surface area contributed by atoms with Crippen molar-refractivity contribution in [1.29, 1.82) is 0 Å². The molecule has 37 heavy (non-hydrogen) atoms. The van der Waals surface area contributed by atoms with Crippen LogP contribution in [0.25, 0.3) is 6.08 Å². The molecular weight excluding hydrogens is 490 g/mol. The van der Waals surface area contributed by atoms with Crippen LogP contribution in [0.4, 0.5) is 14.9 Å². The number of amides is 3. The SMILES string of the molecule is COC1C=Cc2nc(NC(=O)N3CC4(CCN(C(C)=O)C4)C4CC(OC5=CCCC=C5)C=CC43)sc2N1. The minimum Gasteiger partial charge on any atom is -0.487 e. The lowest BCUT2D eigenvalue weighted by Gasteiger charge is -2.36. The number of rotatable bonds is 4. The molecule has 2 saturated heterocycles. The van der Waals surface area contributed by atoms with Gasteiger partial charge in [-0.1, -0.05) is 23.5 Å². The quantitative estimate of drug-likeness (QED) is 0.575. The summed E-state index contributed by atoms with van der Waals surface area (Å²) in [4.78, 5) is 34.3. The molecule has 2 N–H and O–H groups in total. The molecular formula is C27H33N5O4S. The molecule has 5 atom stereocenters. The number of nitrogens with one attached hydrogen (secondary N) is 2. The number of allylic oxidation sites excluding steroid dienone is 3. The average molecular weight is 524 g/mol. The molecule has 0 bridgehead atoms. The number of fused-ring (bicyclic) bond motifs is 3. The Labute approximate surface area is 220 Å². The van der Waals surface area contributed by atoms with Gasteiger partial charge in [0.2, 0.25) is 5.91 Å². The minimum atomic E-state index is -0.204. The standard InChI is InChI=1S/C27H33N5O4S/c1-17(33)31-13-12-27(15-31)16-32(22-10-8-19(14-20(22)27)36-18-6-4-3-5-7-18)26(34)30-25-28-21-9-11-23(35-2)29-24(21)37-25/h4,6-11,19-20,22-23,29H,3,5,12-16H2,1-2H3,(H,28,30,34). The van der Waals surface area contributed by atoms with Crippen LogP contribution in [0.1, 0.15) is 38.3 Å². The molecule has 5 aliphatic rings. The highest BCUT2D eigenvalue weighted by molar-refractivity contribution is 7.19. The van der Waals surface area contributed by atoms with Crippen LogP contribution in [0, 0.1) is 11.3 Å². The number of aromatic nitrogens is 1. The number of urea groups is 1. The number of methoxy groups -OCH3 is 1. The Bertz CT molecular complexity index is 1210. The molecule has 4 heterocycles. The van der Waals surface area contributed by atoms with Gasteiger partial charge >= 0.3 is 6.03 Å². The first-order chi connectivity index (χ1) is 17.9. The summed E-state index contributed by atoms with van der Waals surface area (Å²) in [5.41, 5.74) is 0.649. The van der Waals surface area contributed by atoms with Gasteiger partial charge in [-0.25, -0.2) is 9.78 Å². The van der Waals surface area contributed by atoms with Gasteiger partial charge in [-0.05, 0) is 62.0 Å². The van der Waals surface area contributed by atoms with E-state index in [0.29, 0.717) is 18.2 Å². The van der Waals surface area contributed by atoms with E-state index in [0.717, 1.165) is 48.7 Å². The van der Waals surface area contributed by atoms with Crippen molar-refractivity contribution in [1.82, 2.24) is 14.8 Å². The summed E-state index contributed by atoms with van der Waals surface area (Å²) in [6.07, 6.45) is 17.9.